The SMILES string of the molecule is CSc1ccccc1C(=O)N1CCSCC1. The zero-order chi connectivity index (χ0) is 11.4. The molecule has 0 aromatic heterocycles. The van der Waals surface area contributed by atoms with Crippen molar-refractivity contribution in [1.29, 1.82) is 0 Å². The van der Waals surface area contributed by atoms with Crippen molar-refractivity contribution >= 4 is 29.4 Å². The Hall–Kier alpha value is -0.610. The first kappa shape index (κ1) is 11.9. The Balaban J connectivity index is 2.19. The number of rotatable bonds is 2. The lowest BCUT2D eigenvalue weighted by Crippen LogP contribution is -2.38. The van der Waals surface area contributed by atoms with Crippen molar-refractivity contribution in [2.24, 2.45) is 0 Å². The van der Waals surface area contributed by atoms with Gasteiger partial charge in [-0.05, 0) is 18.4 Å². The van der Waals surface area contributed by atoms with Gasteiger partial charge in [0.2, 0.25) is 0 Å². The highest BCUT2D eigenvalue weighted by Gasteiger charge is 2.20. The van der Waals surface area contributed by atoms with Crippen LogP contribution in [0.15, 0.2) is 29.2 Å². The van der Waals surface area contributed by atoms with Crippen LogP contribution in [0.1, 0.15) is 10.4 Å². The van der Waals surface area contributed by atoms with Gasteiger partial charge in [-0.1, -0.05) is 12.1 Å². The van der Waals surface area contributed by atoms with E-state index in [9.17, 15) is 4.79 Å². The van der Waals surface area contributed by atoms with Gasteiger partial charge in [-0.3, -0.25) is 4.79 Å². The minimum Gasteiger partial charge on any atom is -0.337 e. The molecule has 2 nitrogen and oxygen atoms in total. The molecule has 16 heavy (non-hydrogen) atoms. The average Bonchev–Trinajstić information content (AvgIpc) is 2.39. The number of thioether (sulfide) groups is 2. The van der Waals surface area contributed by atoms with Gasteiger partial charge in [0.15, 0.2) is 0 Å². The summed E-state index contributed by atoms with van der Waals surface area (Å²) in [7, 11) is 0. The molecule has 4 heteroatoms. The van der Waals surface area contributed by atoms with Gasteiger partial charge in [0.05, 0.1) is 5.56 Å². The highest BCUT2D eigenvalue weighted by Crippen LogP contribution is 2.22. The minimum absolute atomic E-state index is 0.185. The molecule has 0 radical (unpaired) electrons. The molecule has 1 aromatic carbocycles. The van der Waals surface area contributed by atoms with Gasteiger partial charge in [0.1, 0.15) is 0 Å². The van der Waals surface area contributed by atoms with Crippen molar-refractivity contribution in [2.45, 2.75) is 4.90 Å². The molecule has 1 fully saturated rings. The van der Waals surface area contributed by atoms with E-state index in [2.05, 4.69) is 0 Å². The van der Waals surface area contributed by atoms with Crippen LogP contribution < -0.4 is 0 Å². The van der Waals surface area contributed by atoms with E-state index in [-0.39, 0.29) is 5.91 Å². The van der Waals surface area contributed by atoms with E-state index in [0.717, 1.165) is 35.1 Å². The summed E-state index contributed by atoms with van der Waals surface area (Å²) in [5.74, 6) is 2.31. The lowest BCUT2D eigenvalue weighted by Gasteiger charge is -2.27. The van der Waals surface area contributed by atoms with Crippen molar-refractivity contribution in [2.75, 3.05) is 30.9 Å². The molecule has 1 aromatic rings. The predicted octanol–water partition coefficient (Wildman–Crippen LogP) is 2.60. The van der Waals surface area contributed by atoms with Crippen LogP contribution in [0.25, 0.3) is 0 Å². The zero-order valence-electron chi connectivity index (χ0n) is 9.31. The van der Waals surface area contributed by atoms with Crippen LogP contribution in [0.5, 0.6) is 0 Å². The molecule has 0 aliphatic carbocycles. The van der Waals surface area contributed by atoms with Crippen LogP contribution in [0, 0.1) is 0 Å². The van der Waals surface area contributed by atoms with Crippen LogP contribution in [0.3, 0.4) is 0 Å². The third-order valence-corrected chi connectivity index (χ3v) is 4.37. The van der Waals surface area contributed by atoms with Crippen molar-refractivity contribution in [3.8, 4) is 0 Å². The molecule has 0 saturated carbocycles. The van der Waals surface area contributed by atoms with Gasteiger partial charge in [0.25, 0.3) is 5.91 Å². The monoisotopic (exact) mass is 253 g/mol. The summed E-state index contributed by atoms with van der Waals surface area (Å²) in [4.78, 5) is 15.3. The second-order valence-corrected chi connectivity index (χ2v) is 5.68. The number of benzene rings is 1. The number of amides is 1. The Bertz CT molecular complexity index is 375. The summed E-state index contributed by atoms with van der Waals surface area (Å²) in [5.41, 5.74) is 0.849. The molecule has 0 unspecified atom stereocenters. The first-order chi connectivity index (χ1) is 7.83. The second kappa shape index (κ2) is 5.64. The fourth-order valence-corrected chi connectivity index (χ4v) is 3.25. The Kier molecular flexibility index (Phi) is 4.18. The third kappa shape index (κ3) is 2.55. The number of carbonyl (C=O) groups is 1. The highest BCUT2D eigenvalue weighted by molar-refractivity contribution is 7.99. The van der Waals surface area contributed by atoms with Gasteiger partial charge in [-0.15, -0.1) is 11.8 Å². The summed E-state index contributed by atoms with van der Waals surface area (Å²) in [5, 5.41) is 0. The fraction of sp³-hybridized carbons (Fsp3) is 0.417. The smallest absolute Gasteiger partial charge is 0.255 e. The number of hydrogen-bond acceptors (Lipinski definition) is 3. The van der Waals surface area contributed by atoms with E-state index in [4.69, 9.17) is 0 Å². The summed E-state index contributed by atoms with van der Waals surface area (Å²) in [6.07, 6.45) is 2.01. The molecule has 2 rings (SSSR count). The second-order valence-electron chi connectivity index (χ2n) is 3.60. The summed E-state index contributed by atoms with van der Waals surface area (Å²) in [6, 6.07) is 7.85. The molecular weight excluding hydrogens is 238 g/mol. The van der Waals surface area contributed by atoms with E-state index in [1.165, 1.54) is 0 Å². The van der Waals surface area contributed by atoms with E-state index in [0.29, 0.717) is 0 Å². The molecule has 1 amide bonds. The molecule has 0 spiro atoms. The summed E-state index contributed by atoms with van der Waals surface area (Å²) >= 11 is 3.56. The lowest BCUT2D eigenvalue weighted by molar-refractivity contribution is 0.0769. The largest absolute Gasteiger partial charge is 0.337 e. The van der Waals surface area contributed by atoms with E-state index < -0.39 is 0 Å². The van der Waals surface area contributed by atoms with Crippen molar-refractivity contribution in [3.05, 3.63) is 29.8 Å². The zero-order valence-corrected chi connectivity index (χ0v) is 10.9. The van der Waals surface area contributed by atoms with Crippen LogP contribution in [-0.4, -0.2) is 41.7 Å². The molecule has 0 N–H and O–H groups in total. The van der Waals surface area contributed by atoms with Gasteiger partial charge in [-0.25, -0.2) is 0 Å². The quantitative estimate of drug-likeness (QED) is 0.756. The molecular formula is C12H15NOS2. The molecule has 1 saturated heterocycles. The lowest BCUT2D eigenvalue weighted by atomic mass is 10.2. The first-order valence-electron chi connectivity index (χ1n) is 5.33. The summed E-state index contributed by atoms with van der Waals surface area (Å²) in [6.45, 7) is 1.76. The van der Waals surface area contributed by atoms with Crippen LogP contribution in [0.2, 0.25) is 0 Å². The summed E-state index contributed by atoms with van der Waals surface area (Å²) < 4.78 is 0. The Morgan fingerprint density at radius 3 is 2.69 bits per heavy atom. The van der Waals surface area contributed by atoms with Crippen molar-refractivity contribution < 1.29 is 4.79 Å². The van der Waals surface area contributed by atoms with Gasteiger partial charge >= 0.3 is 0 Å². The maximum Gasteiger partial charge on any atom is 0.255 e. The Morgan fingerprint density at radius 1 is 1.31 bits per heavy atom. The maximum absolute atomic E-state index is 12.3. The van der Waals surface area contributed by atoms with E-state index >= 15 is 0 Å². The molecule has 1 aliphatic rings. The minimum atomic E-state index is 0.185. The molecule has 0 bridgehead atoms. The maximum atomic E-state index is 12.3. The fourth-order valence-electron chi connectivity index (χ4n) is 1.76. The van der Waals surface area contributed by atoms with Gasteiger partial charge < -0.3 is 4.90 Å². The molecule has 86 valence electrons. The first-order valence-corrected chi connectivity index (χ1v) is 7.71. The highest BCUT2D eigenvalue weighted by atomic mass is 32.2. The third-order valence-electron chi connectivity index (χ3n) is 2.64. The average molecular weight is 253 g/mol. The number of hydrogen-bond donors (Lipinski definition) is 0. The topological polar surface area (TPSA) is 20.3 Å². The Morgan fingerprint density at radius 2 is 2.00 bits per heavy atom. The van der Waals surface area contributed by atoms with Crippen LogP contribution in [0.4, 0.5) is 0 Å². The van der Waals surface area contributed by atoms with E-state index in [1.54, 1.807) is 11.8 Å². The Labute approximate surface area is 105 Å². The van der Waals surface area contributed by atoms with Crippen LogP contribution >= 0.6 is 23.5 Å². The number of carbonyl (C=O) groups excluding carboxylic acids is 1. The van der Waals surface area contributed by atoms with Crippen molar-refractivity contribution in [1.82, 2.24) is 4.90 Å². The van der Waals surface area contributed by atoms with Crippen LogP contribution in [-0.2, 0) is 0 Å². The normalized spacial score (nSPS) is 16.2. The van der Waals surface area contributed by atoms with Gasteiger partial charge in [0, 0.05) is 29.5 Å². The van der Waals surface area contributed by atoms with Crippen molar-refractivity contribution in [3.63, 3.8) is 0 Å². The predicted molar refractivity (Wildman–Crippen MR) is 71.5 cm³/mol. The molecule has 0 atom stereocenters. The van der Waals surface area contributed by atoms with E-state index in [1.807, 2.05) is 47.2 Å². The standard InChI is InChI=1S/C12H15NOS2/c1-15-11-5-3-2-4-10(11)12(14)13-6-8-16-9-7-13/h2-5H,6-9H2,1H3. The molecule has 1 heterocycles. The molecule has 1 aliphatic heterocycles. The van der Waals surface area contributed by atoms with Gasteiger partial charge in [-0.2, -0.15) is 11.8 Å². The number of nitrogens with zero attached hydrogens (tertiary/aromatic N) is 1.